The number of hydrogen-bond donors (Lipinski definition) is 1. The Morgan fingerprint density at radius 3 is 2.85 bits per heavy atom. The minimum absolute atomic E-state index is 0.335. The molecule has 0 bridgehead atoms. The van der Waals surface area contributed by atoms with Crippen LogP contribution in [0.4, 0.5) is 0 Å². The SMILES string of the molecule is CCN(CC)CCCNCc1ccc2c(c1)CC(C)O2. The summed E-state index contributed by atoms with van der Waals surface area (Å²) in [5, 5.41) is 3.54. The van der Waals surface area contributed by atoms with Gasteiger partial charge in [0.05, 0.1) is 0 Å². The Labute approximate surface area is 123 Å². The highest BCUT2D eigenvalue weighted by Crippen LogP contribution is 2.29. The third-order valence-electron chi connectivity index (χ3n) is 4.01. The van der Waals surface area contributed by atoms with E-state index in [0.29, 0.717) is 6.10 Å². The molecule has 0 aromatic heterocycles. The van der Waals surface area contributed by atoms with Crippen molar-refractivity contribution in [3.05, 3.63) is 29.3 Å². The maximum Gasteiger partial charge on any atom is 0.123 e. The zero-order chi connectivity index (χ0) is 14.4. The standard InChI is InChI=1S/C17H28N2O/c1-4-19(5-2)10-6-9-18-13-15-7-8-17-16(12-15)11-14(3)20-17/h7-8,12,14,18H,4-6,9-11,13H2,1-3H3. The normalized spacial score (nSPS) is 17.3. The summed E-state index contributed by atoms with van der Waals surface area (Å²) in [7, 11) is 0. The van der Waals surface area contributed by atoms with Crippen molar-refractivity contribution in [3.8, 4) is 5.75 Å². The van der Waals surface area contributed by atoms with Crippen LogP contribution in [-0.2, 0) is 13.0 Å². The molecule has 0 saturated heterocycles. The van der Waals surface area contributed by atoms with Crippen LogP contribution < -0.4 is 10.1 Å². The fourth-order valence-corrected chi connectivity index (χ4v) is 2.79. The fraction of sp³-hybridized carbons (Fsp3) is 0.647. The van der Waals surface area contributed by atoms with E-state index >= 15 is 0 Å². The van der Waals surface area contributed by atoms with Crippen molar-refractivity contribution in [1.29, 1.82) is 0 Å². The number of hydrogen-bond acceptors (Lipinski definition) is 3. The fourth-order valence-electron chi connectivity index (χ4n) is 2.79. The quantitative estimate of drug-likeness (QED) is 0.739. The largest absolute Gasteiger partial charge is 0.490 e. The van der Waals surface area contributed by atoms with Crippen LogP contribution in [0.25, 0.3) is 0 Å². The van der Waals surface area contributed by atoms with Crippen LogP contribution in [0.5, 0.6) is 5.75 Å². The van der Waals surface area contributed by atoms with Gasteiger partial charge in [-0.15, -0.1) is 0 Å². The molecule has 0 saturated carbocycles. The Morgan fingerprint density at radius 2 is 2.10 bits per heavy atom. The molecule has 0 fully saturated rings. The summed E-state index contributed by atoms with van der Waals surface area (Å²) in [5.41, 5.74) is 2.73. The van der Waals surface area contributed by atoms with E-state index in [-0.39, 0.29) is 0 Å². The molecular weight excluding hydrogens is 248 g/mol. The Hall–Kier alpha value is -1.06. The second-order valence-electron chi connectivity index (χ2n) is 5.63. The van der Waals surface area contributed by atoms with E-state index in [1.165, 1.54) is 24.1 Å². The molecule has 2 rings (SSSR count). The molecule has 1 aromatic carbocycles. The van der Waals surface area contributed by atoms with Crippen molar-refractivity contribution >= 4 is 0 Å². The van der Waals surface area contributed by atoms with Gasteiger partial charge in [0.1, 0.15) is 11.9 Å². The van der Waals surface area contributed by atoms with Crippen LogP contribution in [-0.4, -0.2) is 37.2 Å². The second-order valence-corrected chi connectivity index (χ2v) is 5.63. The highest BCUT2D eigenvalue weighted by Gasteiger charge is 2.18. The smallest absolute Gasteiger partial charge is 0.123 e. The van der Waals surface area contributed by atoms with Crippen molar-refractivity contribution in [2.75, 3.05) is 26.2 Å². The molecule has 1 N–H and O–H groups in total. The lowest BCUT2D eigenvalue weighted by Crippen LogP contribution is -2.27. The maximum absolute atomic E-state index is 5.73. The van der Waals surface area contributed by atoms with Gasteiger partial charge in [-0.2, -0.15) is 0 Å². The van der Waals surface area contributed by atoms with Crippen molar-refractivity contribution in [1.82, 2.24) is 10.2 Å². The van der Waals surface area contributed by atoms with Gasteiger partial charge in [-0.05, 0) is 56.7 Å². The molecule has 0 radical (unpaired) electrons. The molecule has 1 heterocycles. The number of nitrogens with zero attached hydrogens (tertiary/aromatic N) is 1. The van der Waals surface area contributed by atoms with Crippen LogP contribution in [0.1, 0.15) is 38.3 Å². The highest BCUT2D eigenvalue weighted by molar-refractivity contribution is 5.40. The molecule has 0 aliphatic carbocycles. The van der Waals surface area contributed by atoms with Crippen LogP contribution in [0.3, 0.4) is 0 Å². The van der Waals surface area contributed by atoms with E-state index in [9.17, 15) is 0 Å². The monoisotopic (exact) mass is 276 g/mol. The van der Waals surface area contributed by atoms with Gasteiger partial charge in [0.15, 0.2) is 0 Å². The third kappa shape index (κ3) is 4.22. The van der Waals surface area contributed by atoms with Gasteiger partial charge < -0.3 is 15.0 Å². The predicted molar refractivity (Wildman–Crippen MR) is 84.3 cm³/mol. The van der Waals surface area contributed by atoms with Gasteiger partial charge in [-0.25, -0.2) is 0 Å². The molecular formula is C17H28N2O. The molecule has 20 heavy (non-hydrogen) atoms. The summed E-state index contributed by atoms with van der Waals surface area (Å²) in [4.78, 5) is 2.47. The number of benzene rings is 1. The minimum atomic E-state index is 0.335. The molecule has 0 spiro atoms. The van der Waals surface area contributed by atoms with Gasteiger partial charge in [0, 0.05) is 13.0 Å². The Balaban J connectivity index is 1.69. The van der Waals surface area contributed by atoms with Gasteiger partial charge in [-0.1, -0.05) is 26.0 Å². The molecule has 1 atom stereocenters. The van der Waals surface area contributed by atoms with Crippen LogP contribution in [0, 0.1) is 0 Å². The molecule has 1 unspecified atom stereocenters. The van der Waals surface area contributed by atoms with E-state index in [0.717, 1.165) is 38.3 Å². The van der Waals surface area contributed by atoms with E-state index < -0.39 is 0 Å². The number of nitrogens with one attached hydrogen (secondary N) is 1. The zero-order valence-electron chi connectivity index (χ0n) is 13.1. The molecule has 3 nitrogen and oxygen atoms in total. The van der Waals surface area contributed by atoms with E-state index in [4.69, 9.17) is 4.74 Å². The predicted octanol–water partition coefficient (Wildman–Crippen LogP) is 2.83. The topological polar surface area (TPSA) is 24.5 Å². The van der Waals surface area contributed by atoms with Crippen LogP contribution in [0.15, 0.2) is 18.2 Å². The zero-order valence-corrected chi connectivity index (χ0v) is 13.1. The first-order valence-electron chi connectivity index (χ1n) is 7.94. The van der Waals surface area contributed by atoms with E-state index in [1.807, 2.05) is 0 Å². The van der Waals surface area contributed by atoms with Gasteiger partial charge in [0.25, 0.3) is 0 Å². The molecule has 112 valence electrons. The van der Waals surface area contributed by atoms with Gasteiger partial charge >= 0.3 is 0 Å². The van der Waals surface area contributed by atoms with Crippen molar-refractivity contribution in [3.63, 3.8) is 0 Å². The average Bonchev–Trinajstić information content (AvgIpc) is 2.82. The summed E-state index contributed by atoms with van der Waals surface area (Å²) < 4.78 is 5.73. The van der Waals surface area contributed by atoms with Crippen LogP contribution >= 0.6 is 0 Å². The summed E-state index contributed by atoms with van der Waals surface area (Å²) in [6.07, 6.45) is 2.60. The first-order chi connectivity index (χ1) is 9.72. The Bertz CT molecular complexity index is 415. The molecule has 1 aliphatic heterocycles. The average molecular weight is 276 g/mol. The van der Waals surface area contributed by atoms with Crippen molar-refractivity contribution < 1.29 is 4.74 Å². The second kappa shape index (κ2) is 7.65. The molecule has 1 aromatic rings. The third-order valence-corrected chi connectivity index (χ3v) is 4.01. The number of fused-ring (bicyclic) bond motifs is 1. The first kappa shape index (κ1) is 15.3. The Kier molecular flexibility index (Phi) is 5.86. The van der Waals surface area contributed by atoms with Crippen molar-refractivity contribution in [2.45, 2.75) is 46.3 Å². The molecule has 3 heteroatoms. The van der Waals surface area contributed by atoms with E-state index in [1.54, 1.807) is 0 Å². The van der Waals surface area contributed by atoms with E-state index in [2.05, 4.69) is 49.2 Å². The molecule has 0 amide bonds. The van der Waals surface area contributed by atoms with Crippen molar-refractivity contribution in [2.24, 2.45) is 0 Å². The summed E-state index contributed by atoms with van der Waals surface area (Å²) in [6.45, 7) is 12.1. The van der Waals surface area contributed by atoms with Crippen LogP contribution in [0.2, 0.25) is 0 Å². The number of rotatable bonds is 8. The summed E-state index contributed by atoms with van der Waals surface area (Å²) in [6, 6.07) is 6.58. The lowest BCUT2D eigenvalue weighted by atomic mass is 10.1. The minimum Gasteiger partial charge on any atom is -0.490 e. The highest BCUT2D eigenvalue weighted by atomic mass is 16.5. The Morgan fingerprint density at radius 1 is 1.30 bits per heavy atom. The summed E-state index contributed by atoms with van der Waals surface area (Å²) in [5.74, 6) is 1.07. The first-order valence-corrected chi connectivity index (χ1v) is 7.94. The number of ether oxygens (including phenoxy) is 1. The van der Waals surface area contributed by atoms with Gasteiger partial charge in [-0.3, -0.25) is 0 Å². The lowest BCUT2D eigenvalue weighted by molar-refractivity contribution is 0.254. The molecule has 1 aliphatic rings. The summed E-state index contributed by atoms with van der Waals surface area (Å²) >= 11 is 0. The van der Waals surface area contributed by atoms with Gasteiger partial charge in [0.2, 0.25) is 0 Å². The lowest BCUT2D eigenvalue weighted by Gasteiger charge is -2.17. The maximum atomic E-state index is 5.73.